The van der Waals surface area contributed by atoms with Crippen LogP contribution in [0.25, 0.3) is 61.3 Å². The molecule has 5 aromatic carbocycles. The zero-order chi connectivity index (χ0) is 31.3. The van der Waals surface area contributed by atoms with Crippen LogP contribution in [0.3, 0.4) is 0 Å². The minimum Gasteiger partial charge on any atom is -0.464 e. The Bertz CT molecular complexity index is 2070. The minimum atomic E-state index is -0.0460. The minimum absolute atomic E-state index is 0.0460. The van der Waals surface area contributed by atoms with E-state index in [1.165, 1.54) is 33.4 Å². The lowest BCUT2D eigenvalue weighted by molar-refractivity contribution is 0.411. The van der Waals surface area contributed by atoms with Gasteiger partial charge in [0.05, 0.1) is 22.3 Å². The lowest BCUT2D eigenvalue weighted by atomic mass is 9.82. The third-order valence-electron chi connectivity index (χ3n) is 8.54. The van der Waals surface area contributed by atoms with Gasteiger partial charge in [-0.25, -0.2) is 4.98 Å². The molecular formula is C42H40N2O. The maximum absolute atomic E-state index is 6.22. The number of imidazole rings is 1. The van der Waals surface area contributed by atoms with Crippen molar-refractivity contribution in [1.82, 2.24) is 9.55 Å². The van der Waals surface area contributed by atoms with E-state index in [0.29, 0.717) is 0 Å². The number of rotatable bonds is 5. The Kier molecular flexibility index (Phi) is 7.00. The van der Waals surface area contributed by atoms with Crippen LogP contribution in [0.5, 0.6) is 0 Å². The van der Waals surface area contributed by atoms with Crippen molar-refractivity contribution in [1.29, 1.82) is 0 Å². The molecule has 2 aromatic heterocycles. The fourth-order valence-electron chi connectivity index (χ4n) is 6.39. The van der Waals surface area contributed by atoms with Gasteiger partial charge in [0.2, 0.25) is 0 Å². The molecule has 2 heterocycles. The van der Waals surface area contributed by atoms with Crippen molar-refractivity contribution in [2.75, 3.05) is 0 Å². The highest BCUT2D eigenvalue weighted by Gasteiger charge is 2.26. The van der Waals surface area contributed by atoms with Gasteiger partial charge < -0.3 is 4.42 Å². The largest absolute Gasteiger partial charge is 0.464 e. The van der Waals surface area contributed by atoms with Crippen molar-refractivity contribution < 1.29 is 4.42 Å². The predicted molar refractivity (Wildman–Crippen MR) is 189 cm³/mol. The van der Waals surface area contributed by atoms with Gasteiger partial charge in [-0.15, -0.1) is 0 Å². The van der Waals surface area contributed by atoms with Crippen molar-refractivity contribution in [2.24, 2.45) is 5.41 Å². The van der Waals surface area contributed by atoms with Crippen LogP contribution < -0.4 is 0 Å². The molecule has 0 aliphatic heterocycles. The van der Waals surface area contributed by atoms with E-state index >= 15 is 0 Å². The van der Waals surface area contributed by atoms with Crippen molar-refractivity contribution in [2.45, 2.75) is 53.4 Å². The molecule has 3 nitrogen and oxygen atoms in total. The average molecular weight is 589 g/mol. The molecule has 0 aliphatic carbocycles. The first-order chi connectivity index (χ1) is 21.6. The van der Waals surface area contributed by atoms with Crippen LogP contribution in [0, 0.1) is 5.41 Å². The molecule has 0 unspecified atom stereocenters. The Labute approximate surface area is 266 Å². The molecule has 45 heavy (non-hydrogen) atoms. The van der Waals surface area contributed by atoms with Crippen LogP contribution in [-0.2, 0) is 11.8 Å². The summed E-state index contributed by atoms with van der Waals surface area (Å²) < 4.78 is 8.58. The summed E-state index contributed by atoms with van der Waals surface area (Å²) in [4.78, 5) is 5.33. The molecule has 3 heteroatoms. The second-order valence-electron chi connectivity index (χ2n) is 14.4. The third kappa shape index (κ3) is 5.48. The summed E-state index contributed by atoms with van der Waals surface area (Å²) in [5.74, 6) is 0.876. The quantitative estimate of drug-likeness (QED) is 0.200. The Morgan fingerprint density at radius 2 is 1.24 bits per heavy atom. The van der Waals surface area contributed by atoms with Crippen LogP contribution in [-0.4, -0.2) is 9.55 Å². The third-order valence-corrected chi connectivity index (χ3v) is 8.54. The molecule has 0 radical (unpaired) electrons. The topological polar surface area (TPSA) is 31.0 Å². The van der Waals surface area contributed by atoms with Gasteiger partial charge in [-0.3, -0.25) is 4.57 Å². The Morgan fingerprint density at radius 1 is 0.644 bits per heavy atom. The van der Waals surface area contributed by atoms with E-state index < -0.39 is 0 Å². The SMILES string of the molecule is CC(C)(C)Cc1ccc2occ(-c3nc4ccccc4n3-c3c(-c4ccccc4)cc(C(C)(C)C)cc3-c3ccccc3)c2c1. The number of benzene rings is 5. The number of furan rings is 1. The molecule has 224 valence electrons. The lowest BCUT2D eigenvalue weighted by Gasteiger charge is -2.26. The molecule has 0 fully saturated rings. The maximum Gasteiger partial charge on any atom is 0.149 e. The van der Waals surface area contributed by atoms with E-state index in [1.807, 2.05) is 6.26 Å². The summed E-state index contributed by atoms with van der Waals surface area (Å²) in [6, 6.07) is 41.3. The van der Waals surface area contributed by atoms with Crippen LogP contribution in [0.4, 0.5) is 0 Å². The molecule has 0 saturated heterocycles. The summed E-state index contributed by atoms with van der Waals surface area (Å²) in [6.07, 6.45) is 2.87. The van der Waals surface area contributed by atoms with Crippen LogP contribution in [0.1, 0.15) is 52.7 Å². The zero-order valence-electron chi connectivity index (χ0n) is 27.1. The number of hydrogen-bond acceptors (Lipinski definition) is 2. The standard InChI is InChI=1S/C42H40N2O/c1-41(2,3)26-28-21-22-38-34(23-28)35(27-45-38)40-43-36-19-13-14-20-37(36)44(40)39-32(29-15-9-7-10-16-29)24-31(42(4,5)6)25-33(39)30-17-11-8-12-18-30/h7-25,27H,26H2,1-6H3. The van der Waals surface area contributed by atoms with Crippen LogP contribution in [0.15, 0.2) is 126 Å². The van der Waals surface area contributed by atoms with Gasteiger partial charge in [-0.05, 0) is 75.9 Å². The van der Waals surface area contributed by atoms with Gasteiger partial charge in [-0.2, -0.15) is 0 Å². The number of fused-ring (bicyclic) bond motifs is 2. The second kappa shape index (κ2) is 10.9. The first-order valence-corrected chi connectivity index (χ1v) is 15.8. The van der Waals surface area contributed by atoms with Gasteiger partial charge >= 0.3 is 0 Å². The normalized spacial score (nSPS) is 12.3. The van der Waals surface area contributed by atoms with Crippen molar-refractivity contribution in [3.63, 3.8) is 0 Å². The Balaban J connectivity index is 1.61. The smallest absolute Gasteiger partial charge is 0.149 e. The van der Waals surface area contributed by atoms with Gasteiger partial charge in [0.15, 0.2) is 0 Å². The summed E-state index contributed by atoms with van der Waals surface area (Å²) in [5, 5.41) is 1.09. The molecule has 0 bridgehead atoms. The fourth-order valence-corrected chi connectivity index (χ4v) is 6.39. The van der Waals surface area contributed by atoms with Crippen molar-refractivity contribution in [3.05, 3.63) is 133 Å². The van der Waals surface area contributed by atoms with E-state index in [2.05, 4.69) is 161 Å². The van der Waals surface area contributed by atoms with Gasteiger partial charge in [-0.1, -0.05) is 120 Å². The van der Waals surface area contributed by atoms with Crippen LogP contribution in [0.2, 0.25) is 0 Å². The number of aromatic nitrogens is 2. The highest BCUT2D eigenvalue weighted by molar-refractivity contribution is 5.98. The maximum atomic E-state index is 6.22. The van der Waals surface area contributed by atoms with E-state index in [9.17, 15) is 0 Å². The first kappa shape index (κ1) is 28.9. The highest BCUT2D eigenvalue weighted by atomic mass is 16.3. The molecule has 0 spiro atoms. The molecule has 0 amide bonds. The second-order valence-corrected chi connectivity index (χ2v) is 14.4. The number of nitrogens with zero attached hydrogens (tertiary/aromatic N) is 2. The van der Waals surface area contributed by atoms with Crippen molar-refractivity contribution in [3.8, 4) is 39.3 Å². The summed E-state index contributed by atoms with van der Waals surface area (Å²) >= 11 is 0. The first-order valence-electron chi connectivity index (χ1n) is 15.8. The van der Waals surface area contributed by atoms with Gasteiger partial charge in [0.1, 0.15) is 17.7 Å². The van der Waals surface area contributed by atoms with Gasteiger partial charge in [0.25, 0.3) is 0 Å². The summed E-state index contributed by atoms with van der Waals surface area (Å²) in [5.41, 5.74) is 12.4. The molecular weight excluding hydrogens is 548 g/mol. The Hall–Kier alpha value is -4.89. The number of para-hydroxylation sites is 2. The fraction of sp³-hybridized carbons (Fsp3) is 0.214. The molecule has 0 N–H and O–H groups in total. The van der Waals surface area contributed by atoms with E-state index in [-0.39, 0.29) is 10.8 Å². The molecule has 0 aliphatic rings. The van der Waals surface area contributed by atoms with E-state index in [0.717, 1.165) is 45.5 Å². The monoisotopic (exact) mass is 588 g/mol. The van der Waals surface area contributed by atoms with Crippen molar-refractivity contribution >= 4 is 22.0 Å². The van der Waals surface area contributed by atoms with Gasteiger partial charge in [0, 0.05) is 16.5 Å². The molecule has 0 saturated carbocycles. The molecule has 7 rings (SSSR count). The highest BCUT2D eigenvalue weighted by Crippen LogP contribution is 2.44. The zero-order valence-corrected chi connectivity index (χ0v) is 27.1. The molecule has 7 aromatic rings. The Morgan fingerprint density at radius 3 is 1.84 bits per heavy atom. The average Bonchev–Trinajstić information content (AvgIpc) is 3.61. The van der Waals surface area contributed by atoms with E-state index in [4.69, 9.17) is 9.40 Å². The number of hydrogen-bond donors (Lipinski definition) is 0. The van der Waals surface area contributed by atoms with Crippen LogP contribution >= 0.6 is 0 Å². The summed E-state index contributed by atoms with van der Waals surface area (Å²) in [6.45, 7) is 13.7. The van der Waals surface area contributed by atoms with E-state index in [1.54, 1.807) is 0 Å². The summed E-state index contributed by atoms with van der Waals surface area (Å²) in [7, 11) is 0. The molecule has 0 atom stereocenters. The lowest BCUT2D eigenvalue weighted by Crippen LogP contribution is -2.13. The predicted octanol–water partition coefficient (Wildman–Crippen LogP) is 11.7.